The molecule has 4 rings (SSSR count). The molecule has 0 radical (unpaired) electrons. The summed E-state index contributed by atoms with van der Waals surface area (Å²) in [6.07, 6.45) is 12.7. The van der Waals surface area contributed by atoms with Crippen LogP contribution in [0, 0.1) is 0 Å². The van der Waals surface area contributed by atoms with Crippen LogP contribution in [0.2, 0.25) is 0 Å². The number of fused-ring (bicyclic) bond motifs is 1. The molecule has 0 unspecified atom stereocenters. The van der Waals surface area contributed by atoms with E-state index in [0.717, 1.165) is 40.0 Å². The molecule has 0 N–H and O–H groups in total. The summed E-state index contributed by atoms with van der Waals surface area (Å²) < 4.78 is 5.26. The van der Waals surface area contributed by atoms with Crippen molar-refractivity contribution in [1.82, 2.24) is 9.97 Å². The molecule has 0 bridgehead atoms. The molecule has 2 aromatic heterocycles. The summed E-state index contributed by atoms with van der Waals surface area (Å²) in [5, 5.41) is 0. The Kier molecular flexibility index (Phi) is 4.70. The lowest BCUT2D eigenvalue weighted by Crippen LogP contribution is -1.88. The van der Waals surface area contributed by atoms with Crippen molar-refractivity contribution in [3.05, 3.63) is 96.6 Å². The first-order chi connectivity index (χ1) is 12.9. The van der Waals surface area contributed by atoms with Crippen LogP contribution in [0.5, 0.6) is 0 Å². The highest BCUT2D eigenvalue weighted by molar-refractivity contribution is 5.77. The van der Waals surface area contributed by atoms with Crippen molar-refractivity contribution in [2.75, 3.05) is 0 Å². The quantitative estimate of drug-likeness (QED) is 0.447. The number of rotatable bonds is 5. The van der Waals surface area contributed by atoms with Crippen molar-refractivity contribution in [2.45, 2.75) is 6.42 Å². The van der Waals surface area contributed by atoms with Crippen LogP contribution in [0.15, 0.2) is 89.7 Å². The molecule has 3 nitrogen and oxygen atoms in total. The van der Waals surface area contributed by atoms with E-state index in [2.05, 4.69) is 52.5 Å². The van der Waals surface area contributed by atoms with Crippen LogP contribution >= 0.6 is 0 Å². The number of hydrogen-bond acceptors (Lipinski definition) is 3. The summed E-state index contributed by atoms with van der Waals surface area (Å²) in [7, 11) is 0. The number of furan rings is 1. The van der Waals surface area contributed by atoms with E-state index in [4.69, 9.17) is 4.42 Å². The molecule has 4 aromatic rings. The third-order valence-corrected chi connectivity index (χ3v) is 4.06. The van der Waals surface area contributed by atoms with Crippen molar-refractivity contribution >= 4 is 23.2 Å². The predicted molar refractivity (Wildman–Crippen MR) is 106 cm³/mol. The van der Waals surface area contributed by atoms with Crippen LogP contribution in [0.3, 0.4) is 0 Å². The Bertz CT molecular complexity index is 1050. The molecule has 0 aliphatic rings. The van der Waals surface area contributed by atoms with Gasteiger partial charge in [-0.2, -0.15) is 0 Å². The highest BCUT2D eigenvalue weighted by Gasteiger charge is 2.02. The molecule has 0 aliphatic carbocycles. The van der Waals surface area contributed by atoms with Gasteiger partial charge in [0.25, 0.3) is 0 Å². The largest absolute Gasteiger partial charge is 0.465 e. The molecule has 0 saturated heterocycles. The van der Waals surface area contributed by atoms with E-state index in [-0.39, 0.29) is 0 Å². The second-order valence-corrected chi connectivity index (χ2v) is 5.92. The van der Waals surface area contributed by atoms with Gasteiger partial charge < -0.3 is 4.42 Å². The van der Waals surface area contributed by atoms with Gasteiger partial charge in [0.15, 0.2) is 0 Å². The SMILES string of the molecule is C(=Cc1ccc(-c2cnc3ccccc3n2)cc1)CC=Cc1ccco1. The van der Waals surface area contributed by atoms with E-state index < -0.39 is 0 Å². The van der Waals surface area contributed by atoms with E-state index in [1.54, 1.807) is 6.26 Å². The second kappa shape index (κ2) is 7.62. The molecule has 0 saturated carbocycles. The Hall–Kier alpha value is -3.46. The Balaban J connectivity index is 1.43. The first-order valence-electron chi connectivity index (χ1n) is 8.57. The molecule has 3 heteroatoms. The van der Waals surface area contributed by atoms with Gasteiger partial charge in [-0.25, -0.2) is 4.98 Å². The minimum Gasteiger partial charge on any atom is -0.465 e. The number of aromatic nitrogens is 2. The van der Waals surface area contributed by atoms with Gasteiger partial charge in [-0.3, -0.25) is 4.98 Å². The number of benzene rings is 2. The zero-order valence-corrected chi connectivity index (χ0v) is 14.2. The molecule has 0 aliphatic heterocycles. The summed E-state index contributed by atoms with van der Waals surface area (Å²) in [5.74, 6) is 0.874. The highest BCUT2D eigenvalue weighted by Crippen LogP contribution is 2.20. The molecule has 26 heavy (non-hydrogen) atoms. The van der Waals surface area contributed by atoms with Crippen LogP contribution in [0.4, 0.5) is 0 Å². The molecule has 2 aromatic carbocycles. The fraction of sp³-hybridized carbons (Fsp3) is 0.0435. The van der Waals surface area contributed by atoms with Crippen molar-refractivity contribution in [3.8, 4) is 11.3 Å². The third-order valence-electron chi connectivity index (χ3n) is 4.06. The molecule has 0 spiro atoms. The lowest BCUT2D eigenvalue weighted by molar-refractivity contribution is 0.557. The molecule has 126 valence electrons. The fourth-order valence-corrected chi connectivity index (χ4v) is 2.71. The van der Waals surface area contributed by atoms with E-state index in [9.17, 15) is 0 Å². The predicted octanol–water partition coefficient (Wildman–Crippen LogP) is 6.01. The van der Waals surface area contributed by atoms with Crippen molar-refractivity contribution < 1.29 is 4.42 Å². The lowest BCUT2D eigenvalue weighted by atomic mass is 10.1. The Morgan fingerprint density at radius 2 is 1.62 bits per heavy atom. The minimum absolute atomic E-state index is 0.860. The molecule has 0 fully saturated rings. The number of para-hydroxylation sites is 2. The fourth-order valence-electron chi connectivity index (χ4n) is 2.71. The maximum absolute atomic E-state index is 5.26. The van der Waals surface area contributed by atoms with Crippen molar-refractivity contribution in [2.24, 2.45) is 0 Å². The minimum atomic E-state index is 0.860. The Morgan fingerprint density at radius 1 is 0.808 bits per heavy atom. The molecular formula is C23H18N2O. The number of allylic oxidation sites excluding steroid dienone is 2. The average molecular weight is 338 g/mol. The Labute approximate surface area is 152 Å². The normalized spacial score (nSPS) is 11.7. The maximum atomic E-state index is 5.26. The van der Waals surface area contributed by atoms with Crippen LogP contribution in [-0.2, 0) is 0 Å². The van der Waals surface area contributed by atoms with E-state index in [1.807, 2.05) is 48.7 Å². The van der Waals surface area contributed by atoms with Gasteiger partial charge in [0.05, 0.1) is 29.2 Å². The van der Waals surface area contributed by atoms with Gasteiger partial charge >= 0.3 is 0 Å². The lowest BCUT2D eigenvalue weighted by Gasteiger charge is -2.03. The van der Waals surface area contributed by atoms with E-state index >= 15 is 0 Å². The van der Waals surface area contributed by atoms with Gasteiger partial charge in [-0.1, -0.05) is 54.6 Å². The van der Waals surface area contributed by atoms with Crippen LogP contribution in [0.25, 0.3) is 34.4 Å². The molecule has 0 atom stereocenters. The average Bonchev–Trinajstić information content (AvgIpc) is 3.21. The molecule has 2 heterocycles. The maximum Gasteiger partial charge on any atom is 0.126 e. The summed E-state index contributed by atoms with van der Waals surface area (Å²) >= 11 is 0. The summed E-state index contributed by atoms with van der Waals surface area (Å²) in [6, 6.07) is 20.1. The summed E-state index contributed by atoms with van der Waals surface area (Å²) in [6.45, 7) is 0. The van der Waals surface area contributed by atoms with E-state index in [1.165, 1.54) is 0 Å². The number of nitrogens with zero attached hydrogens (tertiary/aromatic N) is 2. The second-order valence-electron chi connectivity index (χ2n) is 5.92. The van der Waals surface area contributed by atoms with Crippen molar-refractivity contribution in [1.29, 1.82) is 0 Å². The van der Waals surface area contributed by atoms with Gasteiger partial charge in [-0.15, -0.1) is 0 Å². The number of hydrogen-bond donors (Lipinski definition) is 0. The zero-order valence-electron chi connectivity index (χ0n) is 14.2. The Morgan fingerprint density at radius 3 is 2.42 bits per heavy atom. The smallest absolute Gasteiger partial charge is 0.126 e. The molecule has 0 amide bonds. The first kappa shape index (κ1) is 16.0. The van der Waals surface area contributed by atoms with E-state index in [0.29, 0.717) is 0 Å². The van der Waals surface area contributed by atoms with Crippen molar-refractivity contribution in [3.63, 3.8) is 0 Å². The topological polar surface area (TPSA) is 38.9 Å². The highest BCUT2D eigenvalue weighted by atomic mass is 16.3. The zero-order chi connectivity index (χ0) is 17.6. The molecular weight excluding hydrogens is 320 g/mol. The summed E-state index contributed by atoms with van der Waals surface area (Å²) in [4.78, 5) is 9.17. The third kappa shape index (κ3) is 3.78. The van der Waals surface area contributed by atoms with Crippen LogP contribution < -0.4 is 0 Å². The van der Waals surface area contributed by atoms with Gasteiger partial charge in [0.2, 0.25) is 0 Å². The standard InChI is InChI=1S/C23H18N2O/c1(3-8-20-9-6-16-26-20)2-7-18-12-14-19(15-13-18)23-17-24-21-10-4-5-11-22(21)25-23/h2-17H,1H2. The summed E-state index contributed by atoms with van der Waals surface area (Å²) in [5.41, 5.74) is 4.95. The van der Waals surface area contributed by atoms with Gasteiger partial charge in [0, 0.05) is 5.56 Å². The van der Waals surface area contributed by atoms with Gasteiger partial charge in [-0.05, 0) is 42.3 Å². The van der Waals surface area contributed by atoms with Gasteiger partial charge in [0.1, 0.15) is 5.76 Å². The monoisotopic (exact) mass is 338 g/mol. The first-order valence-corrected chi connectivity index (χ1v) is 8.57. The van der Waals surface area contributed by atoms with Crippen LogP contribution in [0.1, 0.15) is 17.7 Å². The van der Waals surface area contributed by atoms with Crippen LogP contribution in [-0.4, -0.2) is 9.97 Å².